The molecule has 0 fully saturated rings. The standard InChI is InChI=1S/C20H15F3N4O3/c1-10(2)27-15-7-6-12(9-14(15)24-19(27)20(21,22)23)17-26-25-16(30-17)11-4-3-5-13(8-11)18(28)29/h3-10H,1-2H3,(H,28,29). The monoisotopic (exact) mass is 416 g/mol. The maximum absolute atomic E-state index is 13.4. The lowest BCUT2D eigenvalue weighted by atomic mass is 10.1. The van der Waals surface area contributed by atoms with Gasteiger partial charge >= 0.3 is 12.1 Å². The number of alkyl halides is 3. The van der Waals surface area contributed by atoms with E-state index in [-0.39, 0.29) is 22.9 Å². The number of aromatic nitrogens is 4. The highest BCUT2D eigenvalue weighted by Crippen LogP contribution is 2.35. The van der Waals surface area contributed by atoms with Crippen molar-refractivity contribution < 1.29 is 27.5 Å². The fraction of sp³-hybridized carbons (Fsp3) is 0.200. The third kappa shape index (κ3) is 3.40. The van der Waals surface area contributed by atoms with Crippen molar-refractivity contribution >= 4 is 17.0 Å². The molecule has 0 spiro atoms. The largest absolute Gasteiger partial charge is 0.478 e. The SMILES string of the molecule is CC(C)n1c(C(F)(F)F)nc2cc(-c3nnc(-c4cccc(C(=O)O)c4)o3)ccc21. The summed E-state index contributed by atoms with van der Waals surface area (Å²) >= 11 is 0. The molecule has 2 aromatic carbocycles. The Morgan fingerprint density at radius 1 is 1.07 bits per heavy atom. The van der Waals surface area contributed by atoms with E-state index >= 15 is 0 Å². The van der Waals surface area contributed by atoms with Gasteiger partial charge in [0, 0.05) is 17.2 Å². The van der Waals surface area contributed by atoms with Gasteiger partial charge in [-0.2, -0.15) is 13.2 Å². The molecule has 0 unspecified atom stereocenters. The third-order valence-corrected chi connectivity index (χ3v) is 4.49. The van der Waals surface area contributed by atoms with Gasteiger partial charge in [-0.25, -0.2) is 9.78 Å². The van der Waals surface area contributed by atoms with Crippen LogP contribution in [0.3, 0.4) is 0 Å². The summed E-state index contributed by atoms with van der Waals surface area (Å²) in [7, 11) is 0. The highest BCUT2D eigenvalue weighted by Gasteiger charge is 2.38. The fourth-order valence-electron chi connectivity index (χ4n) is 3.20. The second-order valence-electron chi connectivity index (χ2n) is 6.90. The van der Waals surface area contributed by atoms with Gasteiger partial charge in [0.05, 0.1) is 16.6 Å². The summed E-state index contributed by atoms with van der Waals surface area (Å²) in [6, 6.07) is 10.1. The Labute approximate surface area is 167 Å². The Bertz CT molecular complexity index is 1260. The van der Waals surface area contributed by atoms with Crippen LogP contribution in [-0.2, 0) is 6.18 Å². The number of nitrogens with zero attached hydrogens (tertiary/aromatic N) is 4. The van der Waals surface area contributed by atoms with Crippen molar-refractivity contribution in [1.29, 1.82) is 0 Å². The van der Waals surface area contributed by atoms with Gasteiger partial charge in [0.2, 0.25) is 17.6 Å². The van der Waals surface area contributed by atoms with Crippen LogP contribution in [-0.4, -0.2) is 30.8 Å². The van der Waals surface area contributed by atoms with Gasteiger partial charge in [-0.3, -0.25) is 0 Å². The van der Waals surface area contributed by atoms with Gasteiger partial charge < -0.3 is 14.1 Å². The van der Waals surface area contributed by atoms with Gasteiger partial charge in [-0.05, 0) is 50.2 Å². The molecule has 0 bridgehead atoms. The Morgan fingerprint density at radius 2 is 1.73 bits per heavy atom. The molecule has 4 aromatic rings. The van der Waals surface area contributed by atoms with E-state index < -0.39 is 24.0 Å². The molecular weight excluding hydrogens is 401 g/mol. The van der Waals surface area contributed by atoms with E-state index in [0.717, 1.165) is 4.57 Å². The molecule has 0 amide bonds. The number of imidazole rings is 1. The topological polar surface area (TPSA) is 94.0 Å². The molecule has 0 aliphatic rings. The second-order valence-corrected chi connectivity index (χ2v) is 6.90. The number of hydrogen-bond acceptors (Lipinski definition) is 5. The molecule has 0 saturated carbocycles. The zero-order chi connectivity index (χ0) is 21.6. The van der Waals surface area contributed by atoms with E-state index in [4.69, 9.17) is 9.52 Å². The van der Waals surface area contributed by atoms with Crippen LogP contribution >= 0.6 is 0 Å². The van der Waals surface area contributed by atoms with Crippen LogP contribution < -0.4 is 0 Å². The number of aromatic carboxylic acids is 1. The van der Waals surface area contributed by atoms with E-state index in [9.17, 15) is 18.0 Å². The summed E-state index contributed by atoms with van der Waals surface area (Å²) in [5.41, 5.74) is 1.37. The average molecular weight is 416 g/mol. The van der Waals surface area contributed by atoms with Crippen molar-refractivity contribution in [3.8, 4) is 22.9 Å². The number of halogens is 3. The molecule has 7 nitrogen and oxygen atoms in total. The molecule has 10 heteroatoms. The molecule has 1 N–H and O–H groups in total. The quantitative estimate of drug-likeness (QED) is 0.500. The van der Waals surface area contributed by atoms with Crippen LogP contribution in [0.2, 0.25) is 0 Å². The molecule has 0 atom stereocenters. The predicted molar refractivity (Wildman–Crippen MR) is 101 cm³/mol. The van der Waals surface area contributed by atoms with Crippen molar-refractivity contribution in [1.82, 2.24) is 19.7 Å². The summed E-state index contributed by atoms with van der Waals surface area (Å²) in [6.45, 7) is 3.31. The minimum Gasteiger partial charge on any atom is -0.478 e. The summed E-state index contributed by atoms with van der Waals surface area (Å²) in [5.74, 6) is -1.89. The average Bonchev–Trinajstić information content (AvgIpc) is 3.32. The van der Waals surface area contributed by atoms with E-state index in [1.54, 1.807) is 32.0 Å². The number of carbonyl (C=O) groups is 1. The first-order chi connectivity index (χ1) is 14.1. The van der Waals surface area contributed by atoms with E-state index in [1.807, 2.05) is 0 Å². The Morgan fingerprint density at radius 3 is 2.33 bits per heavy atom. The number of rotatable bonds is 4. The molecular formula is C20H15F3N4O3. The van der Waals surface area contributed by atoms with Crippen LogP contribution in [0.5, 0.6) is 0 Å². The zero-order valence-electron chi connectivity index (χ0n) is 15.8. The maximum atomic E-state index is 13.4. The molecule has 154 valence electrons. The van der Waals surface area contributed by atoms with Crippen molar-refractivity contribution in [3.05, 3.63) is 53.9 Å². The van der Waals surface area contributed by atoms with Crippen LogP contribution in [0.1, 0.15) is 36.1 Å². The lowest BCUT2D eigenvalue weighted by molar-refractivity contribution is -0.147. The van der Waals surface area contributed by atoms with E-state index in [2.05, 4.69) is 15.2 Å². The molecule has 2 aromatic heterocycles. The number of carboxylic acid groups (broad SMARTS) is 1. The normalized spacial score (nSPS) is 12.1. The number of benzene rings is 2. The highest BCUT2D eigenvalue weighted by molar-refractivity contribution is 5.89. The summed E-state index contributed by atoms with van der Waals surface area (Å²) < 4.78 is 46.9. The van der Waals surface area contributed by atoms with Gasteiger partial charge in [-0.15, -0.1) is 10.2 Å². The molecule has 0 aliphatic heterocycles. The lowest BCUT2D eigenvalue weighted by Gasteiger charge is -2.14. The fourth-order valence-corrected chi connectivity index (χ4v) is 3.20. The summed E-state index contributed by atoms with van der Waals surface area (Å²) in [6.07, 6.45) is -4.59. The van der Waals surface area contributed by atoms with E-state index in [0.29, 0.717) is 16.6 Å². The second kappa shape index (κ2) is 6.97. The smallest absolute Gasteiger partial charge is 0.449 e. The maximum Gasteiger partial charge on any atom is 0.449 e. The van der Waals surface area contributed by atoms with Crippen LogP contribution in [0.25, 0.3) is 33.9 Å². The van der Waals surface area contributed by atoms with Gasteiger partial charge in [0.1, 0.15) is 0 Å². The van der Waals surface area contributed by atoms with E-state index in [1.165, 1.54) is 24.3 Å². The number of fused-ring (bicyclic) bond motifs is 1. The van der Waals surface area contributed by atoms with Crippen molar-refractivity contribution in [2.24, 2.45) is 0 Å². The van der Waals surface area contributed by atoms with Crippen molar-refractivity contribution in [2.75, 3.05) is 0 Å². The summed E-state index contributed by atoms with van der Waals surface area (Å²) in [5, 5.41) is 17.0. The lowest BCUT2D eigenvalue weighted by Crippen LogP contribution is -2.16. The van der Waals surface area contributed by atoms with Crippen molar-refractivity contribution in [2.45, 2.75) is 26.1 Å². The molecule has 4 rings (SSSR count). The number of carboxylic acids is 1. The van der Waals surface area contributed by atoms with Gasteiger partial charge in [0.15, 0.2) is 0 Å². The van der Waals surface area contributed by atoms with Gasteiger partial charge in [0.25, 0.3) is 0 Å². The first-order valence-electron chi connectivity index (χ1n) is 8.92. The molecule has 0 aliphatic carbocycles. The predicted octanol–water partition coefficient (Wildman–Crippen LogP) is 5.05. The van der Waals surface area contributed by atoms with Crippen molar-refractivity contribution in [3.63, 3.8) is 0 Å². The number of hydrogen-bond donors (Lipinski definition) is 1. The molecule has 2 heterocycles. The Hall–Kier alpha value is -3.69. The zero-order valence-corrected chi connectivity index (χ0v) is 15.8. The summed E-state index contributed by atoms with van der Waals surface area (Å²) in [4.78, 5) is 14.9. The third-order valence-electron chi connectivity index (χ3n) is 4.49. The van der Waals surface area contributed by atoms with Crippen LogP contribution in [0, 0.1) is 0 Å². The Kier molecular flexibility index (Phi) is 4.56. The highest BCUT2D eigenvalue weighted by atomic mass is 19.4. The molecule has 0 saturated heterocycles. The van der Waals surface area contributed by atoms with Crippen LogP contribution in [0.15, 0.2) is 46.9 Å². The minimum absolute atomic E-state index is 0.0626. The Balaban J connectivity index is 1.76. The minimum atomic E-state index is -4.59. The van der Waals surface area contributed by atoms with Crippen LogP contribution in [0.4, 0.5) is 13.2 Å². The van der Waals surface area contributed by atoms with Gasteiger partial charge in [-0.1, -0.05) is 6.07 Å². The molecule has 30 heavy (non-hydrogen) atoms. The first kappa shape index (κ1) is 19.6. The molecule has 0 radical (unpaired) electrons. The first-order valence-corrected chi connectivity index (χ1v) is 8.92.